The number of aryl methyl sites for hydroxylation is 1. The molecular weight excluding hydrogens is 230 g/mol. The molecule has 1 saturated carbocycles. The van der Waals surface area contributed by atoms with Gasteiger partial charge in [0.2, 0.25) is 0 Å². The molecule has 4 heteroatoms. The molecule has 0 saturated heterocycles. The van der Waals surface area contributed by atoms with E-state index in [1.807, 2.05) is 0 Å². The molecule has 0 unspecified atom stereocenters. The Morgan fingerprint density at radius 2 is 2.17 bits per heavy atom. The summed E-state index contributed by atoms with van der Waals surface area (Å²) in [5, 5.41) is 3.53. The van der Waals surface area contributed by atoms with Gasteiger partial charge in [0.05, 0.1) is 13.7 Å². The van der Waals surface area contributed by atoms with Gasteiger partial charge in [0.15, 0.2) is 0 Å². The zero-order chi connectivity index (χ0) is 13.2. The van der Waals surface area contributed by atoms with Gasteiger partial charge >= 0.3 is 5.97 Å². The number of nitrogens with one attached hydrogen (secondary N) is 1. The maximum atomic E-state index is 11.5. The lowest BCUT2D eigenvalue weighted by molar-refractivity contribution is 0.0599. The largest absolute Gasteiger partial charge is 0.465 e. The van der Waals surface area contributed by atoms with Crippen LogP contribution in [0.25, 0.3) is 0 Å². The van der Waals surface area contributed by atoms with Gasteiger partial charge < -0.3 is 14.5 Å². The van der Waals surface area contributed by atoms with E-state index in [1.54, 1.807) is 13.0 Å². The first-order chi connectivity index (χ1) is 8.54. The summed E-state index contributed by atoms with van der Waals surface area (Å²) in [5.74, 6) is 1.07. The molecule has 4 nitrogen and oxygen atoms in total. The Hall–Kier alpha value is -1.29. The number of carbonyl (C=O) groups is 1. The summed E-state index contributed by atoms with van der Waals surface area (Å²) in [6.45, 7) is 4.69. The number of methoxy groups -OCH3 is 1. The molecular formula is C14H21NO3. The Morgan fingerprint density at radius 3 is 2.78 bits per heavy atom. The van der Waals surface area contributed by atoms with E-state index >= 15 is 0 Å². The van der Waals surface area contributed by atoms with E-state index in [4.69, 9.17) is 9.15 Å². The quantitative estimate of drug-likeness (QED) is 0.836. The molecule has 18 heavy (non-hydrogen) atoms. The number of furan rings is 1. The topological polar surface area (TPSA) is 51.5 Å². The molecule has 1 heterocycles. The van der Waals surface area contributed by atoms with Crippen LogP contribution in [0.15, 0.2) is 10.5 Å². The maximum Gasteiger partial charge on any atom is 0.341 e. The minimum Gasteiger partial charge on any atom is -0.465 e. The first-order valence-electron chi connectivity index (χ1n) is 6.47. The van der Waals surface area contributed by atoms with Gasteiger partial charge in [0.25, 0.3) is 0 Å². The van der Waals surface area contributed by atoms with Gasteiger partial charge in [-0.05, 0) is 32.8 Å². The van der Waals surface area contributed by atoms with Gasteiger partial charge in [-0.1, -0.05) is 12.8 Å². The van der Waals surface area contributed by atoms with E-state index in [0.29, 0.717) is 17.9 Å². The van der Waals surface area contributed by atoms with Crippen LogP contribution in [0.2, 0.25) is 0 Å². The number of ether oxygens (including phenoxy) is 1. The van der Waals surface area contributed by atoms with Gasteiger partial charge in [-0.3, -0.25) is 0 Å². The SMILES string of the molecule is COC(=O)c1cc(CNC2(C)CCCC2)oc1C. The fourth-order valence-electron chi connectivity index (χ4n) is 2.58. The minimum atomic E-state index is -0.338. The highest BCUT2D eigenvalue weighted by Gasteiger charge is 2.28. The number of hydrogen-bond acceptors (Lipinski definition) is 4. The van der Waals surface area contributed by atoms with Crippen LogP contribution < -0.4 is 5.32 Å². The first kappa shape index (κ1) is 13.1. The molecule has 1 N–H and O–H groups in total. The summed E-state index contributed by atoms with van der Waals surface area (Å²) >= 11 is 0. The molecule has 0 amide bonds. The summed E-state index contributed by atoms with van der Waals surface area (Å²) in [6, 6.07) is 1.77. The second kappa shape index (κ2) is 5.14. The monoisotopic (exact) mass is 251 g/mol. The van der Waals surface area contributed by atoms with E-state index in [2.05, 4.69) is 12.2 Å². The molecule has 0 aliphatic heterocycles. The highest BCUT2D eigenvalue weighted by Crippen LogP contribution is 2.29. The van der Waals surface area contributed by atoms with Crippen LogP contribution in [0.3, 0.4) is 0 Å². The molecule has 0 radical (unpaired) electrons. The van der Waals surface area contributed by atoms with Crippen molar-refractivity contribution in [1.82, 2.24) is 5.32 Å². The second-order valence-electron chi connectivity index (χ2n) is 5.30. The normalized spacial score (nSPS) is 17.9. The third-order valence-corrected chi connectivity index (χ3v) is 3.77. The Kier molecular flexibility index (Phi) is 3.76. The van der Waals surface area contributed by atoms with Crippen molar-refractivity contribution in [3.05, 3.63) is 23.2 Å². The Bertz CT molecular complexity index is 430. The molecule has 0 bridgehead atoms. The van der Waals surface area contributed by atoms with Crippen LogP contribution in [-0.4, -0.2) is 18.6 Å². The van der Waals surface area contributed by atoms with E-state index in [1.165, 1.54) is 32.8 Å². The van der Waals surface area contributed by atoms with E-state index < -0.39 is 0 Å². The third-order valence-electron chi connectivity index (χ3n) is 3.77. The molecule has 1 aliphatic rings. The summed E-state index contributed by atoms with van der Waals surface area (Å²) in [4.78, 5) is 11.5. The number of esters is 1. The van der Waals surface area contributed by atoms with Crippen molar-refractivity contribution in [2.75, 3.05) is 7.11 Å². The molecule has 2 rings (SSSR count). The van der Waals surface area contributed by atoms with E-state index in [9.17, 15) is 4.79 Å². The maximum absolute atomic E-state index is 11.5. The highest BCUT2D eigenvalue weighted by molar-refractivity contribution is 5.90. The van der Waals surface area contributed by atoms with Crippen molar-refractivity contribution in [2.24, 2.45) is 0 Å². The fourth-order valence-corrected chi connectivity index (χ4v) is 2.58. The van der Waals surface area contributed by atoms with Gasteiger partial charge in [0.1, 0.15) is 17.1 Å². The van der Waals surface area contributed by atoms with Crippen molar-refractivity contribution >= 4 is 5.97 Å². The molecule has 1 aromatic heterocycles. The summed E-state index contributed by atoms with van der Waals surface area (Å²) in [6.07, 6.45) is 4.98. The molecule has 0 aromatic carbocycles. The van der Waals surface area contributed by atoms with Gasteiger partial charge in [-0.25, -0.2) is 4.79 Å². The van der Waals surface area contributed by atoms with Crippen LogP contribution >= 0.6 is 0 Å². The number of hydrogen-bond donors (Lipinski definition) is 1. The molecule has 100 valence electrons. The fraction of sp³-hybridized carbons (Fsp3) is 0.643. The molecule has 1 aromatic rings. The third kappa shape index (κ3) is 2.75. The molecule has 0 spiro atoms. The summed E-state index contributed by atoms with van der Waals surface area (Å²) in [5.41, 5.74) is 0.734. The standard InChI is InChI=1S/C14H21NO3/c1-10-12(13(16)17-3)8-11(18-10)9-15-14(2)6-4-5-7-14/h8,15H,4-7,9H2,1-3H3. The number of rotatable bonds is 4. The second-order valence-corrected chi connectivity index (χ2v) is 5.30. The van der Waals surface area contributed by atoms with Crippen LogP contribution in [0.4, 0.5) is 0 Å². The zero-order valence-corrected chi connectivity index (χ0v) is 11.3. The van der Waals surface area contributed by atoms with Crippen LogP contribution in [0.1, 0.15) is 54.5 Å². The Labute approximate surface area is 108 Å². The summed E-state index contributed by atoms with van der Waals surface area (Å²) in [7, 11) is 1.38. The van der Waals surface area contributed by atoms with E-state index in [-0.39, 0.29) is 11.5 Å². The molecule has 0 atom stereocenters. The average molecular weight is 251 g/mol. The zero-order valence-electron chi connectivity index (χ0n) is 11.3. The van der Waals surface area contributed by atoms with Crippen molar-refractivity contribution in [3.8, 4) is 0 Å². The smallest absolute Gasteiger partial charge is 0.341 e. The van der Waals surface area contributed by atoms with Gasteiger partial charge in [-0.2, -0.15) is 0 Å². The van der Waals surface area contributed by atoms with Crippen LogP contribution in [-0.2, 0) is 11.3 Å². The van der Waals surface area contributed by atoms with Crippen LogP contribution in [0, 0.1) is 6.92 Å². The molecule has 1 aliphatic carbocycles. The lowest BCUT2D eigenvalue weighted by atomic mass is 10.0. The molecule has 1 fully saturated rings. The summed E-state index contributed by atoms with van der Waals surface area (Å²) < 4.78 is 10.3. The van der Waals surface area contributed by atoms with Gasteiger partial charge in [0, 0.05) is 5.54 Å². The highest BCUT2D eigenvalue weighted by atomic mass is 16.5. The van der Waals surface area contributed by atoms with Crippen molar-refractivity contribution in [1.29, 1.82) is 0 Å². The lowest BCUT2D eigenvalue weighted by Crippen LogP contribution is -2.38. The Balaban J connectivity index is 2.00. The first-order valence-corrected chi connectivity index (χ1v) is 6.47. The van der Waals surface area contributed by atoms with Crippen LogP contribution in [0.5, 0.6) is 0 Å². The van der Waals surface area contributed by atoms with E-state index in [0.717, 1.165) is 5.76 Å². The average Bonchev–Trinajstić information content (AvgIpc) is 2.93. The predicted molar refractivity (Wildman–Crippen MR) is 68.5 cm³/mol. The van der Waals surface area contributed by atoms with Crippen molar-refractivity contribution < 1.29 is 13.9 Å². The predicted octanol–water partition coefficient (Wildman–Crippen LogP) is 2.80. The van der Waals surface area contributed by atoms with Crippen molar-refractivity contribution in [3.63, 3.8) is 0 Å². The lowest BCUT2D eigenvalue weighted by Gasteiger charge is -2.24. The number of carbonyl (C=O) groups excluding carboxylic acids is 1. The van der Waals surface area contributed by atoms with Crippen molar-refractivity contribution in [2.45, 2.75) is 51.6 Å². The van der Waals surface area contributed by atoms with Gasteiger partial charge in [-0.15, -0.1) is 0 Å². The minimum absolute atomic E-state index is 0.214. The Morgan fingerprint density at radius 1 is 1.50 bits per heavy atom.